The molecule has 1 unspecified atom stereocenters. The smallest absolute Gasteiger partial charge is 0.243 e. The normalized spacial score (nSPS) is 12.5. The van der Waals surface area contributed by atoms with Gasteiger partial charge in [0, 0.05) is 6.42 Å². The van der Waals surface area contributed by atoms with Crippen LogP contribution in [0.5, 0.6) is 5.75 Å². The molecule has 0 aliphatic rings. The van der Waals surface area contributed by atoms with E-state index in [1.807, 2.05) is 31.2 Å². The van der Waals surface area contributed by atoms with Crippen molar-refractivity contribution in [3.8, 4) is 5.75 Å². The van der Waals surface area contributed by atoms with Crippen LogP contribution in [0.3, 0.4) is 0 Å². The maximum Gasteiger partial charge on any atom is 0.243 e. The van der Waals surface area contributed by atoms with E-state index in [2.05, 4.69) is 22.3 Å². The van der Waals surface area contributed by atoms with E-state index < -0.39 is 0 Å². The van der Waals surface area contributed by atoms with Gasteiger partial charge in [0.15, 0.2) is 5.82 Å². The highest BCUT2D eigenvalue weighted by molar-refractivity contribution is 5.87. The molecule has 5 nitrogen and oxygen atoms in total. The first-order valence-corrected chi connectivity index (χ1v) is 6.81. The second kappa shape index (κ2) is 5.54. The van der Waals surface area contributed by atoms with Gasteiger partial charge in [-0.1, -0.05) is 29.4 Å². The zero-order valence-electron chi connectivity index (χ0n) is 12.0. The molecule has 0 radical (unpaired) electrons. The summed E-state index contributed by atoms with van der Waals surface area (Å²) in [5, 5.41) is 6.27. The minimum Gasteiger partial charge on any atom is -0.497 e. The van der Waals surface area contributed by atoms with Crippen molar-refractivity contribution >= 4 is 10.8 Å². The van der Waals surface area contributed by atoms with Gasteiger partial charge < -0.3 is 15.0 Å². The highest BCUT2D eigenvalue weighted by Gasteiger charge is 2.12. The molecule has 21 heavy (non-hydrogen) atoms. The van der Waals surface area contributed by atoms with Gasteiger partial charge in [-0.15, -0.1) is 0 Å². The topological polar surface area (TPSA) is 74.2 Å². The Morgan fingerprint density at radius 3 is 2.86 bits per heavy atom. The number of ether oxygens (including phenoxy) is 1. The molecule has 2 N–H and O–H groups in total. The Bertz CT molecular complexity index is 765. The van der Waals surface area contributed by atoms with Gasteiger partial charge in [0.25, 0.3) is 0 Å². The summed E-state index contributed by atoms with van der Waals surface area (Å²) in [7, 11) is 1.66. The van der Waals surface area contributed by atoms with Gasteiger partial charge in [-0.2, -0.15) is 4.98 Å². The van der Waals surface area contributed by atoms with Gasteiger partial charge in [-0.25, -0.2) is 0 Å². The Labute approximate surface area is 122 Å². The Morgan fingerprint density at radius 1 is 1.29 bits per heavy atom. The lowest BCUT2D eigenvalue weighted by Gasteiger charge is -2.06. The maximum absolute atomic E-state index is 5.74. The van der Waals surface area contributed by atoms with E-state index in [1.165, 1.54) is 0 Å². The summed E-state index contributed by atoms with van der Waals surface area (Å²) in [6.07, 6.45) is 0.598. The number of methoxy groups -OCH3 is 1. The van der Waals surface area contributed by atoms with Gasteiger partial charge in [0.2, 0.25) is 5.89 Å². The minimum absolute atomic E-state index is 0.251. The fourth-order valence-electron chi connectivity index (χ4n) is 2.29. The summed E-state index contributed by atoms with van der Waals surface area (Å²) in [6, 6.07) is 11.9. The summed E-state index contributed by atoms with van der Waals surface area (Å²) in [5.41, 5.74) is 6.86. The van der Waals surface area contributed by atoms with Crippen molar-refractivity contribution in [1.29, 1.82) is 0 Å². The summed E-state index contributed by atoms with van der Waals surface area (Å²) >= 11 is 0. The molecule has 3 rings (SSSR count). The van der Waals surface area contributed by atoms with Gasteiger partial charge in [-0.3, -0.25) is 0 Å². The van der Waals surface area contributed by atoms with Crippen LogP contribution in [0.1, 0.15) is 30.2 Å². The maximum atomic E-state index is 5.74. The Morgan fingerprint density at radius 2 is 2.14 bits per heavy atom. The molecule has 1 heterocycles. The fraction of sp³-hybridized carbons (Fsp3) is 0.250. The predicted molar refractivity (Wildman–Crippen MR) is 80.2 cm³/mol. The van der Waals surface area contributed by atoms with Crippen LogP contribution < -0.4 is 10.5 Å². The van der Waals surface area contributed by atoms with E-state index in [-0.39, 0.29) is 6.04 Å². The quantitative estimate of drug-likeness (QED) is 0.797. The van der Waals surface area contributed by atoms with Crippen LogP contribution in [-0.4, -0.2) is 17.3 Å². The molecule has 1 atom stereocenters. The van der Waals surface area contributed by atoms with E-state index in [4.69, 9.17) is 15.0 Å². The molecule has 0 spiro atoms. The van der Waals surface area contributed by atoms with Crippen molar-refractivity contribution in [2.75, 3.05) is 7.11 Å². The molecule has 0 aliphatic heterocycles. The third-order valence-electron chi connectivity index (χ3n) is 3.40. The molecule has 0 aliphatic carbocycles. The Kier molecular flexibility index (Phi) is 3.58. The van der Waals surface area contributed by atoms with Crippen LogP contribution >= 0.6 is 0 Å². The van der Waals surface area contributed by atoms with Crippen LogP contribution in [0.2, 0.25) is 0 Å². The zero-order chi connectivity index (χ0) is 14.8. The molecule has 0 fully saturated rings. The van der Waals surface area contributed by atoms with Gasteiger partial charge in [-0.05, 0) is 35.4 Å². The number of nitrogens with two attached hydrogens (primary N) is 1. The fourth-order valence-corrected chi connectivity index (χ4v) is 2.29. The lowest BCUT2D eigenvalue weighted by Crippen LogP contribution is -2.05. The molecule has 0 amide bonds. The molecule has 2 aromatic carbocycles. The van der Waals surface area contributed by atoms with Crippen LogP contribution in [0.25, 0.3) is 10.8 Å². The molecule has 0 bridgehead atoms. The molecule has 1 aromatic heterocycles. The number of benzene rings is 2. The average molecular weight is 283 g/mol. The van der Waals surface area contributed by atoms with E-state index in [0.29, 0.717) is 18.1 Å². The molecular formula is C16H17N3O2. The third-order valence-corrected chi connectivity index (χ3v) is 3.40. The number of rotatable bonds is 4. The summed E-state index contributed by atoms with van der Waals surface area (Å²) in [6.45, 7) is 1.82. The van der Waals surface area contributed by atoms with E-state index in [0.717, 1.165) is 22.1 Å². The van der Waals surface area contributed by atoms with Crippen LogP contribution in [0, 0.1) is 0 Å². The van der Waals surface area contributed by atoms with E-state index in [1.54, 1.807) is 7.11 Å². The number of nitrogens with zero attached hydrogens (tertiary/aromatic N) is 2. The summed E-state index contributed by atoms with van der Waals surface area (Å²) < 4.78 is 10.4. The van der Waals surface area contributed by atoms with Crippen molar-refractivity contribution in [2.45, 2.75) is 19.4 Å². The lowest BCUT2D eigenvalue weighted by atomic mass is 10.0. The van der Waals surface area contributed by atoms with Gasteiger partial charge in [0.05, 0.1) is 13.2 Å². The van der Waals surface area contributed by atoms with Crippen LogP contribution in [-0.2, 0) is 6.42 Å². The largest absolute Gasteiger partial charge is 0.497 e. The monoisotopic (exact) mass is 283 g/mol. The molecule has 0 saturated carbocycles. The number of fused-ring (bicyclic) bond motifs is 1. The highest BCUT2D eigenvalue weighted by Crippen LogP contribution is 2.25. The van der Waals surface area contributed by atoms with Gasteiger partial charge in [0.1, 0.15) is 5.75 Å². The van der Waals surface area contributed by atoms with Crippen molar-refractivity contribution in [3.05, 3.63) is 53.7 Å². The van der Waals surface area contributed by atoms with Gasteiger partial charge >= 0.3 is 0 Å². The standard InChI is InChI=1S/C16H17N3O2/c1-10(17)16-18-15(19-21-16)8-12-5-3-4-11-6-7-13(20-2)9-14(11)12/h3-7,9-10H,8,17H2,1-2H3. The first kappa shape index (κ1) is 13.6. The third kappa shape index (κ3) is 2.73. The Balaban J connectivity index is 1.99. The molecule has 3 aromatic rings. The van der Waals surface area contributed by atoms with Crippen molar-refractivity contribution in [2.24, 2.45) is 5.73 Å². The van der Waals surface area contributed by atoms with Crippen molar-refractivity contribution in [3.63, 3.8) is 0 Å². The predicted octanol–water partition coefficient (Wildman–Crippen LogP) is 2.84. The van der Waals surface area contributed by atoms with Crippen molar-refractivity contribution < 1.29 is 9.26 Å². The van der Waals surface area contributed by atoms with Crippen LogP contribution in [0.15, 0.2) is 40.9 Å². The lowest BCUT2D eigenvalue weighted by molar-refractivity contribution is 0.358. The summed E-state index contributed by atoms with van der Waals surface area (Å²) in [5.74, 6) is 1.93. The molecule has 108 valence electrons. The zero-order valence-corrected chi connectivity index (χ0v) is 12.0. The number of hydrogen-bond acceptors (Lipinski definition) is 5. The first-order chi connectivity index (χ1) is 10.2. The second-order valence-corrected chi connectivity index (χ2v) is 5.02. The second-order valence-electron chi connectivity index (χ2n) is 5.02. The average Bonchev–Trinajstić information content (AvgIpc) is 2.96. The summed E-state index contributed by atoms with van der Waals surface area (Å²) in [4.78, 5) is 4.32. The SMILES string of the molecule is COc1ccc2cccc(Cc3noc(C(C)N)n3)c2c1. The number of aromatic nitrogens is 2. The Hall–Kier alpha value is -2.40. The molecular weight excluding hydrogens is 266 g/mol. The van der Waals surface area contributed by atoms with Crippen LogP contribution in [0.4, 0.5) is 0 Å². The number of hydrogen-bond donors (Lipinski definition) is 1. The van der Waals surface area contributed by atoms with E-state index >= 15 is 0 Å². The molecule has 0 saturated heterocycles. The first-order valence-electron chi connectivity index (χ1n) is 6.81. The molecule has 5 heteroatoms. The van der Waals surface area contributed by atoms with E-state index in [9.17, 15) is 0 Å². The minimum atomic E-state index is -0.251. The van der Waals surface area contributed by atoms with Crippen molar-refractivity contribution in [1.82, 2.24) is 10.1 Å². The highest BCUT2D eigenvalue weighted by atomic mass is 16.5.